The largest absolute Gasteiger partial charge is 0.481 e. The lowest BCUT2D eigenvalue weighted by Crippen LogP contribution is -2.22. The smallest absolute Gasteiger partial charge is 0.325 e. The highest BCUT2D eigenvalue weighted by atomic mass is 32.2. The monoisotopic (exact) mass is 447 g/mol. The summed E-state index contributed by atoms with van der Waals surface area (Å²) in [6.45, 7) is 1.93. The summed E-state index contributed by atoms with van der Waals surface area (Å²) in [6, 6.07) is 5.03. The molecule has 160 valence electrons. The highest BCUT2D eigenvalue weighted by Gasteiger charge is 2.26. The van der Waals surface area contributed by atoms with Crippen molar-refractivity contribution < 1.29 is 19.5 Å². The summed E-state index contributed by atoms with van der Waals surface area (Å²) in [5.74, 6) is 0.422. The molecule has 1 heterocycles. The Bertz CT molecular complexity index is 923. The van der Waals surface area contributed by atoms with Crippen molar-refractivity contribution >= 4 is 51.7 Å². The predicted octanol–water partition coefficient (Wildman–Crippen LogP) is 5.18. The number of aryl methyl sites for hydroxylation is 1. The van der Waals surface area contributed by atoms with Crippen LogP contribution in [-0.4, -0.2) is 33.6 Å². The van der Waals surface area contributed by atoms with Crippen LogP contribution < -0.4 is 10.6 Å². The molecule has 7 nitrogen and oxygen atoms in total. The van der Waals surface area contributed by atoms with E-state index in [1.165, 1.54) is 23.1 Å². The molecule has 0 unspecified atom stereocenters. The van der Waals surface area contributed by atoms with Gasteiger partial charge in [0.1, 0.15) is 0 Å². The van der Waals surface area contributed by atoms with Gasteiger partial charge in [-0.1, -0.05) is 24.5 Å². The first-order valence-corrected chi connectivity index (χ1v) is 11.9. The molecule has 0 aliphatic heterocycles. The number of nitrogens with zero attached hydrogens (tertiary/aromatic N) is 1. The SMILES string of the molecule is Cc1ccc(NC(=O)Nc2nc(CSCCC(=O)O)cs2)c(C(=O)C2CCCC2)c1. The molecule has 1 aliphatic rings. The maximum atomic E-state index is 12.9. The fourth-order valence-electron chi connectivity index (χ4n) is 3.40. The van der Waals surface area contributed by atoms with E-state index in [9.17, 15) is 14.4 Å². The second kappa shape index (κ2) is 10.6. The summed E-state index contributed by atoms with van der Waals surface area (Å²) in [4.78, 5) is 40.3. The van der Waals surface area contributed by atoms with Gasteiger partial charge in [0.2, 0.25) is 0 Å². The summed E-state index contributed by atoms with van der Waals surface area (Å²) in [6.07, 6.45) is 4.08. The van der Waals surface area contributed by atoms with E-state index in [-0.39, 0.29) is 18.1 Å². The number of carbonyl (C=O) groups excluding carboxylic acids is 2. The average Bonchev–Trinajstić information content (AvgIpc) is 3.38. The Balaban J connectivity index is 1.58. The number of ketones is 1. The molecule has 3 rings (SSSR count). The summed E-state index contributed by atoms with van der Waals surface area (Å²) < 4.78 is 0. The van der Waals surface area contributed by atoms with Crippen LogP contribution in [0.1, 0.15) is 53.7 Å². The van der Waals surface area contributed by atoms with Crippen LogP contribution in [0.25, 0.3) is 0 Å². The van der Waals surface area contributed by atoms with Crippen molar-refractivity contribution in [3.8, 4) is 0 Å². The van der Waals surface area contributed by atoms with Crippen LogP contribution >= 0.6 is 23.1 Å². The Morgan fingerprint density at radius 3 is 2.73 bits per heavy atom. The quantitative estimate of drug-likeness (QED) is 0.361. The highest BCUT2D eigenvalue weighted by molar-refractivity contribution is 7.98. The molecule has 1 saturated carbocycles. The van der Waals surface area contributed by atoms with E-state index in [2.05, 4.69) is 15.6 Å². The number of benzene rings is 1. The number of thioether (sulfide) groups is 1. The van der Waals surface area contributed by atoms with Crippen molar-refractivity contribution in [3.63, 3.8) is 0 Å². The molecule has 0 saturated heterocycles. The van der Waals surface area contributed by atoms with E-state index in [1.807, 2.05) is 24.4 Å². The lowest BCUT2D eigenvalue weighted by Gasteiger charge is -2.14. The van der Waals surface area contributed by atoms with Crippen molar-refractivity contribution in [1.29, 1.82) is 0 Å². The third-order valence-corrected chi connectivity index (χ3v) is 6.70. The number of anilines is 2. The van der Waals surface area contributed by atoms with Crippen LogP contribution in [0.15, 0.2) is 23.6 Å². The fourth-order valence-corrected chi connectivity index (χ4v) is 5.03. The van der Waals surface area contributed by atoms with Crippen LogP contribution in [0, 0.1) is 12.8 Å². The standard InChI is InChI=1S/C21H25N3O4S2/c1-13-6-7-17(16(10-13)19(27)14-4-2-3-5-14)23-20(28)24-21-22-15(12-30-21)11-29-9-8-18(25)26/h6-7,10,12,14H,2-5,8-9,11H2,1H3,(H,25,26)(H2,22,23,24,28). The minimum absolute atomic E-state index is 0.0376. The number of nitrogens with one attached hydrogen (secondary N) is 2. The molecule has 1 aromatic heterocycles. The van der Waals surface area contributed by atoms with Crippen LogP contribution in [0.3, 0.4) is 0 Å². The van der Waals surface area contributed by atoms with Crippen molar-refractivity contribution in [3.05, 3.63) is 40.4 Å². The first-order chi connectivity index (χ1) is 14.4. The van der Waals surface area contributed by atoms with Gasteiger partial charge in [-0.15, -0.1) is 11.3 Å². The Hall–Kier alpha value is -2.39. The van der Waals surface area contributed by atoms with Crippen LogP contribution in [-0.2, 0) is 10.5 Å². The van der Waals surface area contributed by atoms with Crippen molar-refractivity contribution in [2.75, 3.05) is 16.4 Å². The van der Waals surface area contributed by atoms with E-state index >= 15 is 0 Å². The molecular formula is C21H25N3O4S2. The van der Waals surface area contributed by atoms with E-state index < -0.39 is 12.0 Å². The van der Waals surface area contributed by atoms with Gasteiger partial charge in [0.25, 0.3) is 0 Å². The number of Topliss-reactive ketones (excluding diaryl/α,β-unsaturated/α-hetero) is 1. The van der Waals surface area contributed by atoms with Crippen molar-refractivity contribution in [1.82, 2.24) is 4.98 Å². The summed E-state index contributed by atoms with van der Waals surface area (Å²) in [7, 11) is 0. The normalized spacial score (nSPS) is 13.9. The average molecular weight is 448 g/mol. The summed E-state index contributed by atoms with van der Waals surface area (Å²) in [5.41, 5.74) is 2.84. The molecule has 0 radical (unpaired) electrons. The van der Waals surface area contributed by atoms with Gasteiger partial charge < -0.3 is 10.4 Å². The number of urea groups is 1. The molecular weight excluding hydrogens is 422 g/mol. The molecule has 1 aromatic carbocycles. The Labute approximate surface area is 183 Å². The number of hydrogen-bond donors (Lipinski definition) is 3. The molecule has 1 aliphatic carbocycles. The second-order valence-corrected chi connectivity index (χ2v) is 9.28. The van der Waals surface area contributed by atoms with Gasteiger partial charge in [-0.25, -0.2) is 9.78 Å². The number of carboxylic acid groups (broad SMARTS) is 1. The van der Waals surface area contributed by atoms with Crippen LogP contribution in [0.5, 0.6) is 0 Å². The van der Waals surface area contributed by atoms with E-state index in [4.69, 9.17) is 5.11 Å². The van der Waals surface area contributed by atoms with Gasteiger partial charge in [-0.2, -0.15) is 11.8 Å². The third kappa shape index (κ3) is 6.30. The van der Waals surface area contributed by atoms with Crippen LogP contribution in [0.4, 0.5) is 15.6 Å². The lowest BCUT2D eigenvalue weighted by molar-refractivity contribution is -0.136. The zero-order valence-electron chi connectivity index (χ0n) is 16.8. The zero-order valence-corrected chi connectivity index (χ0v) is 18.4. The van der Waals surface area contributed by atoms with Gasteiger partial charge in [0.05, 0.1) is 17.8 Å². The summed E-state index contributed by atoms with van der Waals surface area (Å²) in [5, 5.41) is 16.5. The first kappa shape index (κ1) is 22.3. The molecule has 0 bridgehead atoms. The molecule has 2 amide bonds. The van der Waals surface area contributed by atoms with Crippen molar-refractivity contribution in [2.24, 2.45) is 5.92 Å². The highest BCUT2D eigenvalue weighted by Crippen LogP contribution is 2.31. The molecule has 9 heteroatoms. The molecule has 1 fully saturated rings. The second-order valence-electron chi connectivity index (χ2n) is 7.31. The summed E-state index contributed by atoms with van der Waals surface area (Å²) >= 11 is 2.79. The van der Waals surface area contributed by atoms with E-state index in [0.717, 1.165) is 36.9 Å². The molecule has 30 heavy (non-hydrogen) atoms. The van der Waals surface area contributed by atoms with Crippen LogP contribution in [0.2, 0.25) is 0 Å². The number of carboxylic acids is 1. The Kier molecular flexibility index (Phi) is 7.87. The Morgan fingerprint density at radius 1 is 1.23 bits per heavy atom. The third-order valence-electron chi connectivity index (χ3n) is 4.90. The van der Waals surface area contributed by atoms with Crippen molar-refractivity contribution in [2.45, 2.75) is 44.8 Å². The van der Waals surface area contributed by atoms with E-state index in [1.54, 1.807) is 6.07 Å². The van der Waals surface area contributed by atoms with Gasteiger partial charge in [0.15, 0.2) is 10.9 Å². The molecule has 3 N–H and O–H groups in total. The Morgan fingerprint density at radius 2 is 2.00 bits per heavy atom. The molecule has 0 spiro atoms. The number of carbonyl (C=O) groups is 3. The predicted molar refractivity (Wildman–Crippen MR) is 121 cm³/mol. The fraction of sp³-hybridized carbons (Fsp3) is 0.429. The molecule has 2 aromatic rings. The minimum atomic E-state index is -0.818. The molecule has 0 atom stereocenters. The van der Waals surface area contributed by atoms with Gasteiger partial charge in [-0.05, 0) is 31.9 Å². The van der Waals surface area contributed by atoms with Gasteiger partial charge in [-0.3, -0.25) is 14.9 Å². The maximum Gasteiger partial charge on any atom is 0.325 e. The number of rotatable bonds is 9. The minimum Gasteiger partial charge on any atom is -0.481 e. The number of hydrogen-bond acceptors (Lipinski definition) is 6. The topological polar surface area (TPSA) is 108 Å². The number of aliphatic carboxylic acids is 1. The first-order valence-electron chi connectivity index (χ1n) is 9.89. The zero-order chi connectivity index (χ0) is 21.5. The number of aromatic nitrogens is 1. The lowest BCUT2D eigenvalue weighted by atomic mass is 9.94. The maximum absolute atomic E-state index is 12.9. The van der Waals surface area contributed by atoms with E-state index in [0.29, 0.717) is 27.9 Å². The number of thiazole rings is 1. The van der Waals surface area contributed by atoms with Gasteiger partial charge >= 0.3 is 12.0 Å². The number of amides is 2. The van der Waals surface area contributed by atoms with Gasteiger partial charge in [0, 0.05) is 28.4 Å².